The summed E-state index contributed by atoms with van der Waals surface area (Å²) in [6.45, 7) is 0.759. The summed E-state index contributed by atoms with van der Waals surface area (Å²) in [6, 6.07) is 11.7. The van der Waals surface area contributed by atoms with E-state index >= 15 is 0 Å². The molecule has 1 saturated heterocycles. The fourth-order valence-electron chi connectivity index (χ4n) is 3.65. The first-order valence-electron chi connectivity index (χ1n) is 9.99. The summed E-state index contributed by atoms with van der Waals surface area (Å²) in [5, 5.41) is 9.17. The van der Waals surface area contributed by atoms with Gasteiger partial charge in [-0.15, -0.1) is 0 Å². The van der Waals surface area contributed by atoms with Crippen LogP contribution >= 0.6 is 0 Å². The highest BCUT2D eigenvalue weighted by atomic mass is 16.5. The zero-order valence-electron chi connectivity index (χ0n) is 16.7. The molecule has 3 aromatic heterocycles. The fraction of sp³-hybridized carbons (Fsp3) is 0.273. The standard InChI is InChI=1S/C22H22N6O2/c1-29-17-8-6-16(7-9-17)22-18(14-28(26-22)21-5-2-3-12-30-21)19-13-20(24-15-23-19)27-11-4-10-25-27/h4,6-11,13-15,21H,2-3,5,12H2,1H3. The molecule has 8 heteroatoms. The van der Waals surface area contributed by atoms with E-state index in [9.17, 15) is 0 Å². The Labute approximate surface area is 174 Å². The van der Waals surface area contributed by atoms with Crippen molar-refractivity contribution in [1.82, 2.24) is 29.5 Å². The molecule has 1 aliphatic rings. The smallest absolute Gasteiger partial charge is 0.157 e. The molecule has 1 aromatic carbocycles. The number of benzene rings is 1. The number of nitrogens with zero attached hydrogens (tertiary/aromatic N) is 6. The number of hydrogen-bond donors (Lipinski definition) is 0. The topological polar surface area (TPSA) is 79.9 Å². The van der Waals surface area contributed by atoms with Crippen molar-refractivity contribution < 1.29 is 9.47 Å². The van der Waals surface area contributed by atoms with Crippen LogP contribution in [0.1, 0.15) is 25.5 Å². The summed E-state index contributed by atoms with van der Waals surface area (Å²) in [5.74, 6) is 1.51. The third kappa shape index (κ3) is 3.57. The van der Waals surface area contributed by atoms with Crippen LogP contribution in [0.3, 0.4) is 0 Å². The number of hydrogen-bond acceptors (Lipinski definition) is 6. The molecule has 1 atom stereocenters. The predicted molar refractivity (Wildman–Crippen MR) is 111 cm³/mol. The van der Waals surface area contributed by atoms with Crippen molar-refractivity contribution in [3.05, 3.63) is 61.3 Å². The zero-order valence-corrected chi connectivity index (χ0v) is 16.7. The molecule has 8 nitrogen and oxygen atoms in total. The Bertz CT molecular complexity index is 1120. The van der Waals surface area contributed by atoms with E-state index in [-0.39, 0.29) is 6.23 Å². The molecule has 152 valence electrons. The summed E-state index contributed by atoms with van der Waals surface area (Å²) in [5.41, 5.74) is 3.53. The Balaban J connectivity index is 1.60. The highest BCUT2D eigenvalue weighted by Crippen LogP contribution is 2.34. The number of ether oxygens (including phenoxy) is 2. The maximum atomic E-state index is 5.96. The molecule has 0 radical (unpaired) electrons. The highest BCUT2D eigenvalue weighted by molar-refractivity contribution is 5.79. The lowest BCUT2D eigenvalue weighted by molar-refractivity contribution is -0.0393. The molecule has 4 heterocycles. The van der Waals surface area contributed by atoms with Gasteiger partial charge in [0.25, 0.3) is 0 Å². The summed E-state index contributed by atoms with van der Waals surface area (Å²) in [4.78, 5) is 8.88. The Morgan fingerprint density at radius 3 is 2.77 bits per heavy atom. The molecule has 0 spiro atoms. The van der Waals surface area contributed by atoms with Crippen molar-refractivity contribution in [2.24, 2.45) is 0 Å². The summed E-state index contributed by atoms with van der Waals surface area (Å²) >= 11 is 0. The molecule has 1 fully saturated rings. The molecule has 1 aliphatic heterocycles. The first-order valence-corrected chi connectivity index (χ1v) is 9.99. The quantitative estimate of drug-likeness (QED) is 0.504. The van der Waals surface area contributed by atoms with E-state index in [1.54, 1.807) is 24.3 Å². The van der Waals surface area contributed by atoms with Gasteiger partial charge in [0, 0.05) is 42.4 Å². The third-order valence-corrected chi connectivity index (χ3v) is 5.21. The van der Waals surface area contributed by atoms with E-state index in [2.05, 4.69) is 15.1 Å². The van der Waals surface area contributed by atoms with Crippen molar-refractivity contribution in [2.75, 3.05) is 13.7 Å². The van der Waals surface area contributed by atoms with Gasteiger partial charge in [0.15, 0.2) is 5.82 Å². The molecule has 0 saturated carbocycles. The van der Waals surface area contributed by atoms with Crippen LogP contribution in [0.15, 0.2) is 61.3 Å². The van der Waals surface area contributed by atoms with Crippen molar-refractivity contribution in [3.63, 3.8) is 0 Å². The van der Waals surface area contributed by atoms with Crippen molar-refractivity contribution >= 4 is 0 Å². The van der Waals surface area contributed by atoms with Gasteiger partial charge in [-0.3, -0.25) is 0 Å². The molecule has 4 aromatic rings. The van der Waals surface area contributed by atoms with E-state index in [1.165, 1.54) is 0 Å². The lowest BCUT2D eigenvalue weighted by atomic mass is 10.1. The van der Waals surface area contributed by atoms with Crippen LogP contribution in [-0.4, -0.2) is 43.2 Å². The number of methoxy groups -OCH3 is 1. The van der Waals surface area contributed by atoms with E-state index in [1.807, 2.05) is 53.5 Å². The second kappa shape index (κ2) is 8.08. The van der Waals surface area contributed by atoms with E-state index < -0.39 is 0 Å². The first-order chi connectivity index (χ1) is 14.8. The van der Waals surface area contributed by atoms with Crippen molar-refractivity contribution in [3.8, 4) is 34.1 Å². The first kappa shape index (κ1) is 18.5. The van der Waals surface area contributed by atoms with Crippen LogP contribution in [0.2, 0.25) is 0 Å². The molecule has 0 N–H and O–H groups in total. The molecular formula is C22H22N6O2. The van der Waals surface area contributed by atoms with Gasteiger partial charge in [0.1, 0.15) is 24.0 Å². The van der Waals surface area contributed by atoms with Crippen molar-refractivity contribution in [2.45, 2.75) is 25.5 Å². The monoisotopic (exact) mass is 402 g/mol. The van der Waals surface area contributed by atoms with Crippen LogP contribution < -0.4 is 4.74 Å². The maximum absolute atomic E-state index is 5.96. The Hall–Kier alpha value is -3.52. The van der Waals surface area contributed by atoms with Gasteiger partial charge in [0.2, 0.25) is 0 Å². The average molecular weight is 402 g/mol. The molecule has 0 bridgehead atoms. The largest absolute Gasteiger partial charge is 0.497 e. The zero-order chi connectivity index (χ0) is 20.3. The summed E-state index contributed by atoms with van der Waals surface area (Å²) in [7, 11) is 1.66. The Morgan fingerprint density at radius 2 is 2.03 bits per heavy atom. The molecule has 0 aliphatic carbocycles. The lowest BCUT2D eigenvalue weighted by Crippen LogP contribution is -2.18. The molecule has 0 amide bonds. The van der Waals surface area contributed by atoms with Crippen LogP contribution in [0.25, 0.3) is 28.3 Å². The molecule has 5 rings (SSSR count). The van der Waals surface area contributed by atoms with E-state index in [4.69, 9.17) is 14.6 Å². The molecule has 30 heavy (non-hydrogen) atoms. The van der Waals surface area contributed by atoms with E-state index in [0.717, 1.165) is 54.1 Å². The van der Waals surface area contributed by atoms with Gasteiger partial charge in [-0.05, 0) is 49.6 Å². The normalized spacial score (nSPS) is 16.5. The molecule has 1 unspecified atom stereocenters. The average Bonchev–Trinajstić information content (AvgIpc) is 3.51. The van der Waals surface area contributed by atoms with Gasteiger partial charge in [-0.2, -0.15) is 10.2 Å². The van der Waals surface area contributed by atoms with Gasteiger partial charge >= 0.3 is 0 Å². The predicted octanol–water partition coefficient (Wildman–Crippen LogP) is 3.90. The van der Waals surface area contributed by atoms with Gasteiger partial charge < -0.3 is 9.47 Å². The summed E-state index contributed by atoms with van der Waals surface area (Å²) in [6.07, 6.45) is 10.3. The second-order valence-corrected chi connectivity index (χ2v) is 7.13. The third-order valence-electron chi connectivity index (χ3n) is 5.21. The van der Waals surface area contributed by atoms with Gasteiger partial charge in [-0.25, -0.2) is 19.3 Å². The van der Waals surface area contributed by atoms with E-state index in [0.29, 0.717) is 5.82 Å². The lowest BCUT2D eigenvalue weighted by Gasteiger charge is -2.22. The maximum Gasteiger partial charge on any atom is 0.157 e. The highest BCUT2D eigenvalue weighted by Gasteiger charge is 2.21. The van der Waals surface area contributed by atoms with Crippen LogP contribution in [0.5, 0.6) is 5.75 Å². The number of rotatable bonds is 5. The van der Waals surface area contributed by atoms with Crippen LogP contribution in [0.4, 0.5) is 0 Å². The number of aromatic nitrogens is 6. The SMILES string of the molecule is COc1ccc(-c2nn(C3CCCCO3)cc2-c2cc(-n3cccn3)ncn2)cc1. The van der Waals surface area contributed by atoms with Crippen molar-refractivity contribution in [1.29, 1.82) is 0 Å². The fourth-order valence-corrected chi connectivity index (χ4v) is 3.65. The second-order valence-electron chi connectivity index (χ2n) is 7.13. The Morgan fingerprint density at radius 1 is 1.13 bits per heavy atom. The van der Waals surface area contributed by atoms with Gasteiger partial charge in [-0.1, -0.05) is 0 Å². The Kier molecular flexibility index (Phi) is 4.98. The summed E-state index contributed by atoms with van der Waals surface area (Å²) < 4.78 is 14.9. The van der Waals surface area contributed by atoms with Crippen LogP contribution in [0, 0.1) is 0 Å². The van der Waals surface area contributed by atoms with Gasteiger partial charge in [0.05, 0.1) is 12.8 Å². The minimum Gasteiger partial charge on any atom is -0.497 e. The van der Waals surface area contributed by atoms with Crippen LogP contribution in [-0.2, 0) is 4.74 Å². The molecular weight excluding hydrogens is 380 g/mol. The minimum atomic E-state index is -0.0584. The minimum absolute atomic E-state index is 0.0584.